The average Bonchev–Trinajstić information content (AvgIpc) is 1.72. The van der Waals surface area contributed by atoms with Gasteiger partial charge in [-0.05, 0) is 0 Å². The maximum Gasteiger partial charge on any atom is 0.389 e. The van der Waals surface area contributed by atoms with Crippen LogP contribution in [0.25, 0.3) is 0 Å². The van der Waals surface area contributed by atoms with Crippen molar-refractivity contribution in [2.45, 2.75) is 0 Å². The molecule has 0 aromatic rings. The van der Waals surface area contributed by atoms with Gasteiger partial charge in [0.15, 0.2) is 0 Å². The Bertz CT molecular complexity index is 71.5. The van der Waals surface area contributed by atoms with E-state index in [4.69, 9.17) is 0 Å². The van der Waals surface area contributed by atoms with Crippen LogP contribution in [0.15, 0.2) is 11.2 Å². The van der Waals surface area contributed by atoms with Gasteiger partial charge < -0.3 is 0 Å². The van der Waals surface area contributed by atoms with Crippen molar-refractivity contribution < 1.29 is 0 Å². The quantitative estimate of drug-likeness (QED) is 0.406. The summed E-state index contributed by atoms with van der Waals surface area (Å²) in [6, 6.07) is 0. The molecule has 0 aliphatic carbocycles. The summed E-state index contributed by atoms with van der Waals surface area (Å²) in [6.07, 6.45) is 6.10. The van der Waals surface area contributed by atoms with Gasteiger partial charge in [0.25, 0.3) is 6.20 Å². The van der Waals surface area contributed by atoms with E-state index in [0.717, 1.165) is 6.54 Å². The third kappa shape index (κ3) is 0.535. The Kier molecular flexibility index (Phi) is 0.845. The number of aliphatic imine (C=N–C) groups is 1. The van der Waals surface area contributed by atoms with E-state index in [0.29, 0.717) is 0 Å². The van der Waals surface area contributed by atoms with Gasteiger partial charge in [0.2, 0.25) is 0 Å². The number of hydrogen-bond acceptors (Lipinski definition) is 2. The first-order valence-corrected chi connectivity index (χ1v) is 1.82. The van der Waals surface area contributed by atoms with E-state index in [-0.39, 0.29) is 0 Å². The first kappa shape index (κ1) is 3.32. The molecule has 2 nitrogen and oxygen atoms in total. The van der Waals surface area contributed by atoms with Gasteiger partial charge in [0.1, 0.15) is 0 Å². The summed E-state index contributed by atoms with van der Waals surface area (Å²) in [5.41, 5.74) is 0. The highest BCUT2D eigenvalue weighted by Gasteiger charge is 1.91. The maximum absolute atomic E-state index is 3.75. The zero-order chi connectivity index (χ0) is 4.24. The molecular weight excluding hydrogens is 76.1 g/mol. The van der Waals surface area contributed by atoms with Crippen LogP contribution in [-0.2, 0) is 0 Å². The van der Waals surface area contributed by atoms with Crippen LogP contribution >= 0.6 is 0 Å². The molecule has 0 bridgehead atoms. The molecule has 6 heavy (non-hydrogen) atoms. The van der Waals surface area contributed by atoms with E-state index in [1.54, 1.807) is 12.4 Å². The third-order valence-electron chi connectivity index (χ3n) is 0.540. The molecule has 1 rings (SSSR count). The Morgan fingerprint density at radius 2 is 2.83 bits per heavy atom. The van der Waals surface area contributed by atoms with E-state index >= 15 is 0 Å². The molecule has 0 saturated heterocycles. The minimum atomic E-state index is 0.816. The molecule has 0 amide bonds. The normalized spacial score (nSPS) is 16.0. The van der Waals surface area contributed by atoms with Gasteiger partial charge >= 0.3 is 6.20 Å². The van der Waals surface area contributed by atoms with Crippen molar-refractivity contribution in [1.82, 2.24) is 5.32 Å². The second-order valence-corrected chi connectivity index (χ2v) is 0.986. The van der Waals surface area contributed by atoms with Crippen molar-refractivity contribution in [2.75, 3.05) is 6.54 Å². The maximum atomic E-state index is 3.75. The molecular formula is C4H5N2+. The summed E-state index contributed by atoms with van der Waals surface area (Å²) in [6.45, 7) is 0.816. The molecule has 1 aliphatic heterocycles. The van der Waals surface area contributed by atoms with Crippen LogP contribution in [0, 0.1) is 6.20 Å². The van der Waals surface area contributed by atoms with E-state index in [2.05, 4.69) is 16.5 Å². The number of hydrogen-bond donors (Lipinski definition) is 1. The van der Waals surface area contributed by atoms with Crippen molar-refractivity contribution >= 4 is 6.21 Å². The van der Waals surface area contributed by atoms with Crippen molar-refractivity contribution in [3.63, 3.8) is 0 Å². The fourth-order valence-electron chi connectivity index (χ4n) is 0.293. The summed E-state index contributed by atoms with van der Waals surface area (Å²) in [7, 11) is 0. The van der Waals surface area contributed by atoms with Crippen LogP contribution in [0.1, 0.15) is 0 Å². The van der Waals surface area contributed by atoms with Crippen LogP contribution in [0.3, 0.4) is 0 Å². The van der Waals surface area contributed by atoms with Gasteiger partial charge in [0, 0.05) is 6.21 Å². The zero-order valence-corrected chi connectivity index (χ0v) is 3.31. The summed E-state index contributed by atoms with van der Waals surface area (Å²) in [5.74, 6) is 0. The zero-order valence-electron chi connectivity index (χ0n) is 3.31. The van der Waals surface area contributed by atoms with Crippen molar-refractivity contribution in [3.8, 4) is 0 Å². The van der Waals surface area contributed by atoms with E-state index in [1.807, 2.05) is 0 Å². The number of nitrogens with one attached hydrogen (secondary N) is 1. The average molecular weight is 81.1 g/mol. The van der Waals surface area contributed by atoms with E-state index in [1.165, 1.54) is 0 Å². The predicted molar refractivity (Wildman–Crippen MR) is 24.3 cm³/mol. The van der Waals surface area contributed by atoms with Gasteiger partial charge in [0.05, 0.1) is 6.54 Å². The number of rotatable bonds is 0. The van der Waals surface area contributed by atoms with Crippen LogP contribution in [0.2, 0.25) is 0 Å². The topological polar surface area (TPSA) is 24.4 Å². The number of nitrogens with zero attached hydrogens (tertiary/aromatic N) is 1. The summed E-state index contributed by atoms with van der Waals surface area (Å²) in [5, 5.41) is 2.83. The predicted octanol–water partition coefficient (Wildman–Crippen LogP) is -0.0652. The minimum absolute atomic E-state index is 0.816. The molecule has 30 valence electrons. The Labute approximate surface area is 36.6 Å². The fraction of sp³-hybridized carbons (Fsp3) is 0.250. The van der Waals surface area contributed by atoms with Crippen molar-refractivity contribution in [1.29, 1.82) is 0 Å². The Morgan fingerprint density at radius 1 is 1.83 bits per heavy atom. The first-order valence-electron chi connectivity index (χ1n) is 1.82. The SMILES string of the molecule is [C+]1=CN=CCN1. The smallest absolute Gasteiger partial charge is 0.213 e. The molecule has 0 aromatic heterocycles. The third-order valence-corrected chi connectivity index (χ3v) is 0.540. The minimum Gasteiger partial charge on any atom is -0.213 e. The van der Waals surface area contributed by atoms with Gasteiger partial charge in [-0.3, -0.25) is 0 Å². The summed E-state index contributed by atoms with van der Waals surface area (Å²) in [4.78, 5) is 3.75. The molecule has 1 aliphatic rings. The molecule has 0 unspecified atom stereocenters. The van der Waals surface area contributed by atoms with Crippen molar-refractivity contribution in [3.05, 3.63) is 12.4 Å². The second-order valence-electron chi connectivity index (χ2n) is 0.986. The van der Waals surface area contributed by atoms with Gasteiger partial charge in [-0.25, -0.2) is 4.99 Å². The van der Waals surface area contributed by atoms with E-state index < -0.39 is 0 Å². The Balaban J connectivity index is 2.46. The molecule has 0 radical (unpaired) electrons. The molecule has 0 atom stereocenters. The molecule has 0 fully saturated rings. The lowest BCUT2D eigenvalue weighted by molar-refractivity contribution is 0.971. The lowest BCUT2D eigenvalue weighted by Gasteiger charge is -1.78. The lowest BCUT2D eigenvalue weighted by Crippen LogP contribution is -2.10. The fourth-order valence-corrected chi connectivity index (χ4v) is 0.293. The highest BCUT2D eigenvalue weighted by molar-refractivity contribution is 5.61. The first-order chi connectivity index (χ1) is 3.00. The summed E-state index contributed by atoms with van der Waals surface area (Å²) >= 11 is 0. The molecule has 0 spiro atoms. The van der Waals surface area contributed by atoms with Crippen LogP contribution in [-0.4, -0.2) is 12.8 Å². The van der Waals surface area contributed by atoms with Gasteiger partial charge in [-0.15, -0.1) is 0 Å². The Hall–Kier alpha value is -0.880. The molecule has 2 heteroatoms. The standard InChI is InChI=1S/C4H5N2/c1-2-6-4-3-5-1/h1,3,6H,2H2/q+1. The molecule has 1 N–H and O–H groups in total. The summed E-state index contributed by atoms with van der Waals surface area (Å²) < 4.78 is 0. The highest BCUT2D eigenvalue weighted by atomic mass is 14.9. The van der Waals surface area contributed by atoms with Crippen molar-refractivity contribution in [2.24, 2.45) is 4.99 Å². The van der Waals surface area contributed by atoms with Crippen LogP contribution < -0.4 is 5.32 Å². The Morgan fingerprint density at radius 3 is 3.00 bits per heavy atom. The lowest BCUT2D eigenvalue weighted by atomic mass is 10.6. The highest BCUT2D eigenvalue weighted by Crippen LogP contribution is 1.71. The van der Waals surface area contributed by atoms with Crippen LogP contribution in [0.4, 0.5) is 0 Å². The second kappa shape index (κ2) is 1.53. The van der Waals surface area contributed by atoms with Crippen LogP contribution in [0.5, 0.6) is 0 Å². The molecule has 0 saturated carbocycles. The molecule has 0 aromatic carbocycles. The van der Waals surface area contributed by atoms with Gasteiger partial charge in [-0.2, -0.15) is 5.32 Å². The monoisotopic (exact) mass is 81.0 g/mol. The van der Waals surface area contributed by atoms with Gasteiger partial charge in [-0.1, -0.05) is 0 Å². The largest absolute Gasteiger partial charge is 0.389 e. The molecule has 1 heterocycles. The van der Waals surface area contributed by atoms with E-state index in [9.17, 15) is 0 Å².